The standard InChI is InChI=1S/C22H22N4O2/c1-16-2-4-17(5-3-16)20-10-11-23-22(25-20)24-19-8-6-18(7-9-19)21(27)26-12-14-28-15-13-26/h2-11H,12-15H2,1H3,(H,23,24,25). The molecule has 1 aromatic heterocycles. The molecule has 1 fully saturated rings. The van der Waals surface area contributed by atoms with Crippen LogP contribution < -0.4 is 5.32 Å². The van der Waals surface area contributed by atoms with E-state index in [-0.39, 0.29) is 5.91 Å². The van der Waals surface area contributed by atoms with E-state index in [4.69, 9.17) is 4.74 Å². The van der Waals surface area contributed by atoms with Gasteiger partial charge in [-0.3, -0.25) is 4.79 Å². The van der Waals surface area contributed by atoms with Crippen LogP contribution in [0.25, 0.3) is 11.3 Å². The molecule has 1 aliphatic heterocycles. The molecule has 1 N–H and O–H groups in total. The summed E-state index contributed by atoms with van der Waals surface area (Å²) in [5, 5.41) is 3.20. The number of carbonyl (C=O) groups excluding carboxylic acids is 1. The first-order chi connectivity index (χ1) is 13.7. The normalized spacial score (nSPS) is 14.0. The topological polar surface area (TPSA) is 67.4 Å². The monoisotopic (exact) mass is 374 g/mol. The van der Waals surface area contributed by atoms with E-state index in [0.29, 0.717) is 37.8 Å². The van der Waals surface area contributed by atoms with Crippen molar-refractivity contribution < 1.29 is 9.53 Å². The summed E-state index contributed by atoms with van der Waals surface area (Å²) in [7, 11) is 0. The quantitative estimate of drug-likeness (QED) is 0.755. The van der Waals surface area contributed by atoms with E-state index in [0.717, 1.165) is 16.9 Å². The Kier molecular flexibility index (Phi) is 5.30. The Bertz CT molecular complexity index is 949. The average Bonchev–Trinajstić information content (AvgIpc) is 2.75. The molecule has 0 radical (unpaired) electrons. The number of nitrogens with zero attached hydrogens (tertiary/aromatic N) is 3. The third-order valence-corrected chi connectivity index (χ3v) is 4.69. The van der Waals surface area contributed by atoms with Gasteiger partial charge in [-0.15, -0.1) is 0 Å². The van der Waals surface area contributed by atoms with Gasteiger partial charge in [-0.05, 0) is 37.3 Å². The van der Waals surface area contributed by atoms with Gasteiger partial charge < -0.3 is 15.0 Å². The van der Waals surface area contributed by atoms with Crippen molar-refractivity contribution in [3.8, 4) is 11.3 Å². The molecule has 0 saturated carbocycles. The molecule has 2 aromatic carbocycles. The second-order valence-corrected chi connectivity index (χ2v) is 6.74. The molecular formula is C22H22N4O2. The number of hydrogen-bond donors (Lipinski definition) is 1. The number of carbonyl (C=O) groups is 1. The molecule has 4 rings (SSSR count). The lowest BCUT2D eigenvalue weighted by Crippen LogP contribution is -2.40. The summed E-state index contributed by atoms with van der Waals surface area (Å²) in [4.78, 5) is 23.2. The minimum absolute atomic E-state index is 0.0347. The first kappa shape index (κ1) is 18.1. The number of ether oxygens (including phenoxy) is 1. The van der Waals surface area contributed by atoms with E-state index < -0.39 is 0 Å². The number of benzene rings is 2. The summed E-state index contributed by atoms with van der Waals surface area (Å²) < 4.78 is 5.30. The van der Waals surface area contributed by atoms with Crippen LogP contribution in [0.5, 0.6) is 0 Å². The van der Waals surface area contributed by atoms with Gasteiger partial charge in [-0.1, -0.05) is 29.8 Å². The molecule has 1 amide bonds. The average molecular weight is 374 g/mol. The SMILES string of the molecule is Cc1ccc(-c2ccnc(Nc3ccc(C(=O)N4CCOCC4)cc3)n2)cc1. The van der Waals surface area contributed by atoms with Crippen LogP contribution in [-0.4, -0.2) is 47.1 Å². The minimum Gasteiger partial charge on any atom is -0.378 e. The Morgan fingerprint density at radius 3 is 2.43 bits per heavy atom. The van der Waals surface area contributed by atoms with Gasteiger partial charge in [0.2, 0.25) is 5.95 Å². The Labute approximate surface area is 164 Å². The molecule has 2 heterocycles. The third-order valence-electron chi connectivity index (χ3n) is 4.69. The van der Waals surface area contributed by atoms with Gasteiger partial charge in [0.25, 0.3) is 5.91 Å². The smallest absolute Gasteiger partial charge is 0.254 e. The Morgan fingerprint density at radius 1 is 1.00 bits per heavy atom. The number of aryl methyl sites for hydroxylation is 1. The van der Waals surface area contributed by atoms with Crippen LogP contribution in [0.1, 0.15) is 15.9 Å². The molecule has 0 unspecified atom stereocenters. The highest BCUT2D eigenvalue weighted by Crippen LogP contribution is 2.20. The number of hydrogen-bond acceptors (Lipinski definition) is 5. The number of nitrogens with one attached hydrogen (secondary N) is 1. The summed E-state index contributed by atoms with van der Waals surface area (Å²) in [6.45, 7) is 4.53. The predicted molar refractivity (Wildman–Crippen MR) is 109 cm³/mol. The van der Waals surface area contributed by atoms with Crippen molar-refractivity contribution >= 4 is 17.5 Å². The van der Waals surface area contributed by atoms with Crippen molar-refractivity contribution in [2.75, 3.05) is 31.6 Å². The van der Waals surface area contributed by atoms with Crippen LogP contribution in [0.4, 0.5) is 11.6 Å². The highest BCUT2D eigenvalue weighted by atomic mass is 16.5. The molecule has 3 aromatic rings. The lowest BCUT2D eigenvalue weighted by molar-refractivity contribution is 0.0303. The summed E-state index contributed by atoms with van der Waals surface area (Å²) in [5.41, 5.74) is 4.61. The summed E-state index contributed by atoms with van der Waals surface area (Å²) in [6.07, 6.45) is 1.74. The maximum atomic E-state index is 12.5. The molecule has 0 aliphatic carbocycles. The zero-order valence-electron chi connectivity index (χ0n) is 15.8. The first-order valence-electron chi connectivity index (χ1n) is 9.33. The number of morpholine rings is 1. The van der Waals surface area contributed by atoms with Gasteiger partial charge in [0.15, 0.2) is 0 Å². The molecule has 6 heteroatoms. The zero-order valence-corrected chi connectivity index (χ0v) is 15.8. The molecule has 142 valence electrons. The van der Waals surface area contributed by atoms with Gasteiger partial charge in [0.1, 0.15) is 0 Å². The molecule has 0 bridgehead atoms. The molecule has 28 heavy (non-hydrogen) atoms. The second kappa shape index (κ2) is 8.19. The summed E-state index contributed by atoms with van der Waals surface area (Å²) >= 11 is 0. The molecule has 1 saturated heterocycles. The molecule has 0 spiro atoms. The zero-order chi connectivity index (χ0) is 19.3. The lowest BCUT2D eigenvalue weighted by Gasteiger charge is -2.26. The van der Waals surface area contributed by atoms with Crippen LogP contribution >= 0.6 is 0 Å². The molecule has 6 nitrogen and oxygen atoms in total. The van der Waals surface area contributed by atoms with Crippen molar-refractivity contribution in [3.05, 3.63) is 71.9 Å². The van der Waals surface area contributed by atoms with Crippen LogP contribution in [0.2, 0.25) is 0 Å². The minimum atomic E-state index is 0.0347. The maximum absolute atomic E-state index is 12.5. The van der Waals surface area contributed by atoms with Crippen molar-refractivity contribution in [2.45, 2.75) is 6.92 Å². The van der Waals surface area contributed by atoms with Crippen molar-refractivity contribution in [3.63, 3.8) is 0 Å². The fourth-order valence-electron chi connectivity index (χ4n) is 3.08. The second-order valence-electron chi connectivity index (χ2n) is 6.74. The predicted octanol–water partition coefficient (Wildman–Crippen LogP) is 3.67. The third kappa shape index (κ3) is 4.18. The molecule has 0 atom stereocenters. The lowest BCUT2D eigenvalue weighted by atomic mass is 10.1. The number of amides is 1. The highest BCUT2D eigenvalue weighted by Gasteiger charge is 2.18. The van der Waals surface area contributed by atoms with E-state index in [2.05, 4.69) is 34.3 Å². The van der Waals surface area contributed by atoms with Crippen molar-refractivity contribution in [2.24, 2.45) is 0 Å². The van der Waals surface area contributed by atoms with Gasteiger partial charge >= 0.3 is 0 Å². The van der Waals surface area contributed by atoms with Crippen LogP contribution in [0.3, 0.4) is 0 Å². The highest BCUT2D eigenvalue weighted by molar-refractivity contribution is 5.94. The number of rotatable bonds is 4. The van der Waals surface area contributed by atoms with Crippen LogP contribution in [0, 0.1) is 6.92 Å². The maximum Gasteiger partial charge on any atom is 0.254 e. The van der Waals surface area contributed by atoms with Crippen molar-refractivity contribution in [1.29, 1.82) is 0 Å². The van der Waals surface area contributed by atoms with Gasteiger partial charge in [-0.25, -0.2) is 9.97 Å². The Hall–Kier alpha value is -3.25. The fourth-order valence-corrected chi connectivity index (χ4v) is 3.08. The Balaban J connectivity index is 1.46. The summed E-state index contributed by atoms with van der Waals surface area (Å²) in [6, 6.07) is 17.5. The number of aromatic nitrogens is 2. The van der Waals surface area contributed by atoms with Gasteiger partial charge in [0.05, 0.1) is 18.9 Å². The molecule has 1 aliphatic rings. The largest absolute Gasteiger partial charge is 0.378 e. The first-order valence-corrected chi connectivity index (χ1v) is 9.33. The van der Waals surface area contributed by atoms with E-state index in [1.807, 2.05) is 47.4 Å². The van der Waals surface area contributed by atoms with E-state index in [1.54, 1.807) is 6.20 Å². The Morgan fingerprint density at radius 2 is 1.71 bits per heavy atom. The fraction of sp³-hybridized carbons (Fsp3) is 0.227. The summed E-state index contributed by atoms with van der Waals surface area (Å²) in [5.74, 6) is 0.554. The van der Waals surface area contributed by atoms with Gasteiger partial charge in [0, 0.05) is 36.1 Å². The van der Waals surface area contributed by atoms with Crippen molar-refractivity contribution in [1.82, 2.24) is 14.9 Å². The van der Waals surface area contributed by atoms with E-state index in [9.17, 15) is 4.79 Å². The van der Waals surface area contributed by atoms with Gasteiger partial charge in [-0.2, -0.15) is 0 Å². The molecular weight excluding hydrogens is 352 g/mol. The number of anilines is 2. The van der Waals surface area contributed by atoms with Crippen LogP contribution in [-0.2, 0) is 4.74 Å². The van der Waals surface area contributed by atoms with Crippen LogP contribution in [0.15, 0.2) is 60.8 Å². The van der Waals surface area contributed by atoms with E-state index in [1.165, 1.54) is 5.56 Å². The van der Waals surface area contributed by atoms with E-state index >= 15 is 0 Å².